The first-order chi connectivity index (χ1) is 14.5. The topological polar surface area (TPSA) is 88.0 Å². The highest BCUT2D eigenvalue weighted by atomic mass is 35.5. The van der Waals surface area contributed by atoms with Gasteiger partial charge in [0, 0.05) is 17.2 Å². The van der Waals surface area contributed by atoms with Crippen molar-refractivity contribution in [2.45, 2.75) is 26.3 Å². The average molecular weight is 463 g/mol. The van der Waals surface area contributed by atoms with E-state index in [1.807, 2.05) is 26.8 Å². The molecule has 1 atom stereocenters. The van der Waals surface area contributed by atoms with Crippen molar-refractivity contribution in [2.24, 2.45) is 4.99 Å². The van der Waals surface area contributed by atoms with Crippen LogP contribution in [0.5, 0.6) is 0 Å². The summed E-state index contributed by atoms with van der Waals surface area (Å²) in [4.78, 5) is 29.8. The van der Waals surface area contributed by atoms with E-state index in [1.54, 1.807) is 24.3 Å². The number of hydrogen-bond donors (Lipinski definition) is 2. The monoisotopic (exact) mass is 462 g/mol. The Morgan fingerprint density at radius 1 is 1.10 bits per heavy atom. The third-order valence-electron chi connectivity index (χ3n) is 5.00. The van der Waals surface area contributed by atoms with Crippen molar-refractivity contribution in [1.29, 1.82) is 0 Å². The van der Waals surface area contributed by atoms with E-state index in [1.165, 1.54) is 25.3 Å². The van der Waals surface area contributed by atoms with Crippen LogP contribution in [0.4, 0.5) is 5.69 Å². The molecule has 1 aliphatic rings. The van der Waals surface area contributed by atoms with Gasteiger partial charge in [0.25, 0.3) is 11.6 Å². The number of carboxylic acids is 1. The maximum absolute atomic E-state index is 12.9. The Balaban J connectivity index is 2.22. The predicted molar refractivity (Wildman–Crippen MR) is 121 cm³/mol. The largest absolute Gasteiger partial charge is 0.474 e. The lowest BCUT2D eigenvalue weighted by Gasteiger charge is -2.43. The highest BCUT2D eigenvalue weighted by Gasteiger charge is 2.60. The molecule has 1 unspecified atom stereocenters. The molecule has 2 N–H and O–H groups in total. The maximum Gasteiger partial charge on any atom is 0.412 e. The molecule has 3 rings (SSSR count). The minimum absolute atomic E-state index is 0.119. The van der Waals surface area contributed by atoms with Crippen LogP contribution in [0.2, 0.25) is 10.0 Å². The molecule has 0 aromatic heterocycles. The van der Waals surface area contributed by atoms with E-state index >= 15 is 0 Å². The van der Waals surface area contributed by atoms with Crippen molar-refractivity contribution >= 4 is 46.8 Å². The summed E-state index contributed by atoms with van der Waals surface area (Å²) in [5, 5.41) is 13.3. The van der Waals surface area contributed by atoms with E-state index in [4.69, 9.17) is 27.9 Å². The van der Waals surface area contributed by atoms with Crippen molar-refractivity contribution in [3.8, 4) is 0 Å². The number of quaternary nitrogens is 1. The number of hydrogen-bond acceptors (Lipinski definition) is 4. The number of nitrogens with one attached hydrogen (secondary N) is 1. The van der Waals surface area contributed by atoms with Gasteiger partial charge in [-0.15, -0.1) is 4.99 Å². The zero-order chi connectivity index (χ0) is 23.0. The quantitative estimate of drug-likeness (QED) is 0.638. The van der Waals surface area contributed by atoms with Gasteiger partial charge >= 0.3 is 12.0 Å². The molecular formula is C22H22Cl2N3O4+. The van der Waals surface area contributed by atoms with Gasteiger partial charge < -0.3 is 15.2 Å². The first-order valence-electron chi connectivity index (χ1n) is 9.36. The molecule has 2 aromatic rings. The number of benzene rings is 2. The molecule has 0 bridgehead atoms. The first-order valence-corrected chi connectivity index (χ1v) is 10.1. The Morgan fingerprint density at radius 2 is 1.74 bits per heavy atom. The second-order valence-corrected chi connectivity index (χ2v) is 8.70. The van der Waals surface area contributed by atoms with Crippen LogP contribution in [0.3, 0.4) is 0 Å². The van der Waals surface area contributed by atoms with Crippen LogP contribution in [-0.2, 0) is 9.53 Å². The molecule has 0 saturated heterocycles. The van der Waals surface area contributed by atoms with Gasteiger partial charge in [0.15, 0.2) is 0 Å². The van der Waals surface area contributed by atoms with E-state index in [9.17, 15) is 14.7 Å². The van der Waals surface area contributed by atoms with Crippen LogP contribution in [0.25, 0.3) is 0 Å². The molecule has 0 radical (unpaired) electrons. The molecule has 7 nitrogen and oxygen atoms in total. The number of rotatable bonds is 4. The van der Waals surface area contributed by atoms with Gasteiger partial charge in [-0.2, -0.15) is 4.48 Å². The number of methoxy groups -OCH3 is 1. The standard InChI is InChI=1S/C22H21Cl2N3O4/c1-22(2,3)27(14-8-6-5-7-9-14)17(20(29)30)18(26-21(27)31-4)25-19(28)15-11-10-13(23)12-16(15)24/h5-12H,1-4H3,(H-,25,28,29,30)/p+1. The van der Waals surface area contributed by atoms with Gasteiger partial charge in [-0.05, 0) is 39.0 Å². The summed E-state index contributed by atoms with van der Waals surface area (Å²) in [6.07, 6.45) is 0. The van der Waals surface area contributed by atoms with E-state index in [2.05, 4.69) is 10.3 Å². The Kier molecular flexibility index (Phi) is 6.14. The predicted octanol–water partition coefficient (Wildman–Crippen LogP) is 4.80. The van der Waals surface area contributed by atoms with Gasteiger partial charge in [-0.3, -0.25) is 4.79 Å². The summed E-state index contributed by atoms with van der Waals surface area (Å²) in [6, 6.07) is 13.6. The number of amides is 1. The van der Waals surface area contributed by atoms with Crippen molar-refractivity contribution in [3.63, 3.8) is 0 Å². The fraction of sp³-hybridized carbons (Fsp3) is 0.227. The number of aliphatic carboxylic acids is 1. The van der Waals surface area contributed by atoms with Crippen LogP contribution in [0.1, 0.15) is 31.1 Å². The first kappa shape index (κ1) is 22.8. The highest BCUT2D eigenvalue weighted by Crippen LogP contribution is 2.43. The molecule has 1 heterocycles. The fourth-order valence-electron chi connectivity index (χ4n) is 3.74. The van der Waals surface area contributed by atoms with Crippen LogP contribution in [0, 0.1) is 0 Å². The van der Waals surface area contributed by atoms with Crippen molar-refractivity contribution in [3.05, 3.63) is 75.7 Å². The summed E-state index contributed by atoms with van der Waals surface area (Å²) in [5.74, 6) is -1.98. The third kappa shape index (κ3) is 3.80. The molecule has 31 heavy (non-hydrogen) atoms. The van der Waals surface area contributed by atoms with Crippen molar-refractivity contribution in [1.82, 2.24) is 9.80 Å². The molecule has 9 heteroatoms. The molecule has 1 aliphatic heterocycles. The molecule has 2 aromatic carbocycles. The van der Waals surface area contributed by atoms with Gasteiger partial charge in [0.05, 0.1) is 17.7 Å². The SMILES string of the molecule is COC1=NC(NC(=O)c2ccc(Cl)cc2Cl)=C(C(=O)O)[N+]1(c1ccccc1)C(C)(C)C. The molecule has 162 valence electrons. The average Bonchev–Trinajstić information content (AvgIpc) is 3.03. The van der Waals surface area contributed by atoms with E-state index in [0.29, 0.717) is 10.7 Å². The smallest absolute Gasteiger partial charge is 0.412 e. The normalized spacial score (nSPS) is 18.6. The van der Waals surface area contributed by atoms with Crippen LogP contribution < -0.4 is 9.80 Å². The lowest BCUT2D eigenvalue weighted by molar-refractivity contribution is -0.134. The van der Waals surface area contributed by atoms with Gasteiger partial charge in [0.2, 0.25) is 5.82 Å². The zero-order valence-electron chi connectivity index (χ0n) is 17.4. The molecular weight excluding hydrogens is 441 g/mol. The molecule has 0 fully saturated rings. The van der Waals surface area contributed by atoms with Crippen molar-refractivity contribution < 1.29 is 19.4 Å². The third-order valence-corrected chi connectivity index (χ3v) is 5.54. The second kappa shape index (κ2) is 8.34. The Morgan fingerprint density at radius 3 is 2.26 bits per heavy atom. The lowest BCUT2D eigenvalue weighted by Crippen LogP contribution is -2.65. The lowest BCUT2D eigenvalue weighted by atomic mass is 9.98. The number of aliphatic imine (C=N–C) groups is 1. The number of carbonyl (C=O) groups excluding carboxylic acids is 1. The highest BCUT2D eigenvalue weighted by molar-refractivity contribution is 6.36. The van der Waals surface area contributed by atoms with Crippen molar-refractivity contribution in [2.75, 3.05) is 7.11 Å². The summed E-state index contributed by atoms with van der Waals surface area (Å²) >= 11 is 12.1. The fourth-order valence-corrected chi connectivity index (χ4v) is 4.24. The number of halogens is 2. The van der Waals surface area contributed by atoms with Gasteiger partial charge in [-0.25, -0.2) is 4.79 Å². The summed E-state index contributed by atoms with van der Waals surface area (Å²) in [6.45, 7) is 5.62. The van der Waals surface area contributed by atoms with Crippen LogP contribution in [0.15, 0.2) is 65.0 Å². The van der Waals surface area contributed by atoms with Gasteiger partial charge in [-0.1, -0.05) is 41.4 Å². The number of amidine groups is 1. The summed E-state index contributed by atoms with van der Waals surface area (Å²) in [5.41, 5.74) is -0.109. The molecule has 0 aliphatic carbocycles. The number of carboxylic acid groups (broad SMARTS) is 1. The number of ether oxygens (including phenoxy) is 1. The number of para-hydroxylation sites is 1. The minimum atomic E-state index is -1.24. The molecule has 1 amide bonds. The Bertz CT molecular complexity index is 1110. The van der Waals surface area contributed by atoms with Gasteiger partial charge in [0.1, 0.15) is 11.2 Å². The minimum Gasteiger partial charge on any atom is -0.474 e. The van der Waals surface area contributed by atoms with E-state index < -0.39 is 17.4 Å². The molecule has 0 saturated carbocycles. The number of nitrogens with zero attached hydrogens (tertiary/aromatic N) is 2. The number of carbonyl (C=O) groups is 2. The maximum atomic E-state index is 12.9. The zero-order valence-corrected chi connectivity index (χ0v) is 19.0. The summed E-state index contributed by atoms with van der Waals surface area (Å²) < 4.78 is 5.24. The second-order valence-electron chi connectivity index (χ2n) is 7.86. The Labute approximate surface area is 190 Å². The molecule has 0 spiro atoms. The van der Waals surface area contributed by atoms with E-state index in [-0.39, 0.29) is 32.6 Å². The summed E-state index contributed by atoms with van der Waals surface area (Å²) in [7, 11) is 1.42. The van der Waals surface area contributed by atoms with Crippen LogP contribution in [-0.4, -0.2) is 35.7 Å². The van der Waals surface area contributed by atoms with Crippen LogP contribution >= 0.6 is 23.2 Å². The van der Waals surface area contributed by atoms with E-state index in [0.717, 1.165) is 0 Å². The Hall–Kier alpha value is -2.87.